The second kappa shape index (κ2) is 4.43. The van der Waals surface area contributed by atoms with Crippen molar-refractivity contribution in [1.82, 2.24) is 9.88 Å². The summed E-state index contributed by atoms with van der Waals surface area (Å²) >= 11 is 0. The number of hydrogen-bond acceptors (Lipinski definition) is 4. The van der Waals surface area contributed by atoms with Gasteiger partial charge in [0.25, 0.3) is 0 Å². The monoisotopic (exact) mass is 246 g/mol. The average molecular weight is 246 g/mol. The number of piperazine rings is 1. The summed E-state index contributed by atoms with van der Waals surface area (Å²) in [6.45, 7) is 7.89. The van der Waals surface area contributed by atoms with E-state index in [1.54, 1.807) is 6.20 Å². The summed E-state index contributed by atoms with van der Waals surface area (Å²) in [5.41, 5.74) is 7.76. The molecule has 0 aliphatic carbocycles. The third-order valence-corrected chi connectivity index (χ3v) is 4.37. The molecule has 0 amide bonds. The van der Waals surface area contributed by atoms with E-state index in [1.165, 1.54) is 19.4 Å². The van der Waals surface area contributed by atoms with Crippen molar-refractivity contribution in [3.05, 3.63) is 17.8 Å². The molecular weight excluding hydrogens is 224 g/mol. The highest BCUT2D eigenvalue weighted by atomic mass is 15.3. The van der Waals surface area contributed by atoms with Crippen LogP contribution < -0.4 is 10.6 Å². The Labute approximate surface area is 109 Å². The zero-order valence-corrected chi connectivity index (χ0v) is 11.3. The molecule has 0 aromatic carbocycles. The molecule has 1 aromatic rings. The van der Waals surface area contributed by atoms with Crippen LogP contribution in [0.4, 0.5) is 11.5 Å². The van der Waals surface area contributed by atoms with Gasteiger partial charge in [0.1, 0.15) is 5.82 Å². The SMILES string of the molecule is Cc1cc(N2CC3CCCN3CC2C)ncc1N. The quantitative estimate of drug-likeness (QED) is 0.818. The first-order valence-corrected chi connectivity index (χ1v) is 6.88. The van der Waals surface area contributed by atoms with Crippen molar-refractivity contribution in [2.75, 3.05) is 30.3 Å². The minimum atomic E-state index is 0.537. The van der Waals surface area contributed by atoms with E-state index in [-0.39, 0.29) is 0 Å². The smallest absolute Gasteiger partial charge is 0.129 e. The normalized spacial score (nSPS) is 28.4. The van der Waals surface area contributed by atoms with E-state index in [0.29, 0.717) is 6.04 Å². The summed E-state index contributed by atoms with van der Waals surface area (Å²) in [5.74, 6) is 1.08. The van der Waals surface area contributed by atoms with Gasteiger partial charge in [-0.3, -0.25) is 4.90 Å². The molecule has 3 heterocycles. The predicted octanol–water partition coefficient (Wildman–Crippen LogP) is 1.65. The maximum atomic E-state index is 5.85. The number of nitrogen functional groups attached to an aromatic ring is 1. The lowest BCUT2D eigenvalue weighted by atomic mass is 10.1. The summed E-state index contributed by atoms with van der Waals surface area (Å²) in [4.78, 5) is 9.58. The van der Waals surface area contributed by atoms with Crippen LogP contribution in [-0.2, 0) is 0 Å². The van der Waals surface area contributed by atoms with Gasteiger partial charge in [-0.15, -0.1) is 0 Å². The number of aromatic nitrogens is 1. The van der Waals surface area contributed by atoms with Crippen LogP contribution in [0.15, 0.2) is 12.3 Å². The van der Waals surface area contributed by atoms with Crippen molar-refractivity contribution in [3.63, 3.8) is 0 Å². The standard InChI is InChI=1S/C14H22N4/c1-10-6-14(16-7-13(10)15)18-9-12-4-3-5-17(12)8-11(18)2/h6-7,11-12H,3-5,8-9,15H2,1-2H3. The van der Waals surface area contributed by atoms with Crippen LogP contribution in [0.2, 0.25) is 0 Å². The topological polar surface area (TPSA) is 45.4 Å². The molecule has 2 saturated heterocycles. The van der Waals surface area contributed by atoms with Gasteiger partial charge in [-0.2, -0.15) is 0 Å². The first-order valence-electron chi connectivity index (χ1n) is 6.88. The van der Waals surface area contributed by atoms with E-state index >= 15 is 0 Å². The number of pyridine rings is 1. The van der Waals surface area contributed by atoms with Crippen LogP contribution in [0, 0.1) is 6.92 Å². The molecule has 4 nitrogen and oxygen atoms in total. The Kier molecular flexibility index (Phi) is 2.90. The maximum Gasteiger partial charge on any atom is 0.129 e. The lowest BCUT2D eigenvalue weighted by Gasteiger charge is -2.43. The molecule has 98 valence electrons. The van der Waals surface area contributed by atoms with Crippen LogP contribution in [0.25, 0.3) is 0 Å². The molecule has 2 atom stereocenters. The molecule has 0 radical (unpaired) electrons. The van der Waals surface area contributed by atoms with Crippen molar-refractivity contribution in [1.29, 1.82) is 0 Å². The Hall–Kier alpha value is -1.29. The molecule has 2 aliphatic heterocycles. The van der Waals surface area contributed by atoms with Crippen molar-refractivity contribution >= 4 is 11.5 Å². The van der Waals surface area contributed by atoms with Gasteiger partial charge in [0.05, 0.1) is 11.9 Å². The second-order valence-corrected chi connectivity index (χ2v) is 5.69. The van der Waals surface area contributed by atoms with Gasteiger partial charge in [0, 0.05) is 25.2 Å². The van der Waals surface area contributed by atoms with Gasteiger partial charge >= 0.3 is 0 Å². The molecule has 3 rings (SSSR count). The van der Waals surface area contributed by atoms with Gasteiger partial charge in [-0.05, 0) is 44.9 Å². The Bertz CT molecular complexity index is 445. The largest absolute Gasteiger partial charge is 0.397 e. The number of rotatable bonds is 1. The lowest BCUT2D eigenvalue weighted by molar-refractivity contribution is 0.202. The number of fused-ring (bicyclic) bond motifs is 1. The van der Waals surface area contributed by atoms with E-state index < -0.39 is 0 Å². The van der Waals surface area contributed by atoms with Gasteiger partial charge in [-0.25, -0.2) is 4.98 Å². The van der Waals surface area contributed by atoms with Crippen LogP contribution >= 0.6 is 0 Å². The van der Waals surface area contributed by atoms with E-state index in [2.05, 4.69) is 34.7 Å². The molecule has 2 aliphatic rings. The third kappa shape index (κ3) is 1.94. The number of hydrogen-bond donors (Lipinski definition) is 1. The minimum Gasteiger partial charge on any atom is -0.397 e. The fourth-order valence-corrected chi connectivity index (χ4v) is 3.22. The van der Waals surface area contributed by atoms with E-state index in [1.807, 2.05) is 0 Å². The molecular formula is C14H22N4. The molecule has 2 N–H and O–H groups in total. The molecule has 18 heavy (non-hydrogen) atoms. The second-order valence-electron chi connectivity index (χ2n) is 5.69. The van der Waals surface area contributed by atoms with E-state index in [4.69, 9.17) is 5.73 Å². The summed E-state index contributed by atoms with van der Waals surface area (Å²) in [6.07, 6.45) is 4.47. The first kappa shape index (κ1) is 11.8. The number of nitrogens with zero attached hydrogens (tertiary/aromatic N) is 3. The molecule has 0 bridgehead atoms. The first-order chi connectivity index (χ1) is 8.65. The zero-order chi connectivity index (χ0) is 12.7. The van der Waals surface area contributed by atoms with Crippen LogP contribution in [-0.4, -0.2) is 41.6 Å². The van der Waals surface area contributed by atoms with Gasteiger partial charge < -0.3 is 10.6 Å². The maximum absolute atomic E-state index is 5.85. The number of anilines is 2. The Morgan fingerprint density at radius 1 is 1.39 bits per heavy atom. The van der Waals surface area contributed by atoms with Crippen molar-refractivity contribution in [2.24, 2.45) is 0 Å². The zero-order valence-electron chi connectivity index (χ0n) is 11.3. The Morgan fingerprint density at radius 2 is 2.22 bits per heavy atom. The highest BCUT2D eigenvalue weighted by Crippen LogP contribution is 2.28. The highest BCUT2D eigenvalue weighted by molar-refractivity contribution is 5.53. The van der Waals surface area contributed by atoms with Gasteiger partial charge in [-0.1, -0.05) is 0 Å². The minimum absolute atomic E-state index is 0.537. The Morgan fingerprint density at radius 3 is 3.00 bits per heavy atom. The predicted molar refractivity (Wildman–Crippen MR) is 74.8 cm³/mol. The van der Waals surface area contributed by atoms with Crippen molar-refractivity contribution in [3.8, 4) is 0 Å². The third-order valence-electron chi connectivity index (χ3n) is 4.37. The van der Waals surface area contributed by atoms with Crippen molar-refractivity contribution < 1.29 is 0 Å². The molecule has 1 aromatic heterocycles. The van der Waals surface area contributed by atoms with Crippen LogP contribution in [0.1, 0.15) is 25.3 Å². The summed E-state index contributed by atoms with van der Waals surface area (Å²) < 4.78 is 0. The van der Waals surface area contributed by atoms with Crippen molar-refractivity contribution in [2.45, 2.75) is 38.8 Å². The summed E-state index contributed by atoms with van der Waals surface area (Å²) in [7, 11) is 0. The average Bonchev–Trinajstić information content (AvgIpc) is 2.79. The molecule has 0 saturated carbocycles. The summed E-state index contributed by atoms with van der Waals surface area (Å²) in [5, 5.41) is 0. The lowest BCUT2D eigenvalue weighted by Crippen LogP contribution is -2.55. The van der Waals surface area contributed by atoms with Crippen LogP contribution in [0.5, 0.6) is 0 Å². The van der Waals surface area contributed by atoms with Gasteiger partial charge in [0.15, 0.2) is 0 Å². The van der Waals surface area contributed by atoms with E-state index in [9.17, 15) is 0 Å². The highest BCUT2D eigenvalue weighted by Gasteiger charge is 2.34. The van der Waals surface area contributed by atoms with E-state index in [0.717, 1.165) is 36.2 Å². The molecule has 2 fully saturated rings. The fraction of sp³-hybridized carbons (Fsp3) is 0.643. The summed E-state index contributed by atoms with van der Waals surface area (Å²) in [6, 6.07) is 3.38. The molecule has 0 spiro atoms. The molecule has 2 unspecified atom stereocenters. The number of aryl methyl sites for hydroxylation is 1. The van der Waals surface area contributed by atoms with Gasteiger partial charge in [0.2, 0.25) is 0 Å². The Balaban J connectivity index is 1.84. The molecule has 4 heteroatoms. The number of nitrogens with two attached hydrogens (primary N) is 1. The fourth-order valence-electron chi connectivity index (χ4n) is 3.22. The van der Waals surface area contributed by atoms with Crippen LogP contribution in [0.3, 0.4) is 0 Å².